The highest BCUT2D eigenvalue weighted by atomic mass is 19.1. The second-order valence-electron chi connectivity index (χ2n) is 2.73. The van der Waals surface area contributed by atoms with Gasteiger partial charge in [-0.2, -0.15) is 0 Å². The molecule has 1 aromatic rings. The topological polar surface area (TPSA) is 12.4 Å². The normalized spacial score (nSPS) is 9.83. The summed E-state index contributed by atoms with van der Waals surface area (Å²) in [4.78, 5) is 3.70. The fourth-order valence-corrected chi connectivity index (χ4v) is 1.17. The molecule has 64 valence electrons. The fourth-order valence-electron chi connectivity index (χ4n) is 1.17. The molecule has 0 fully saturated rings. The first-order chi connectivity index (χ1) is 5.75. The van der Waals surface area contributed by atoms with Crippen LogP contribution in [0.1, 0.15) is 11.1 Å². The Morgan fingerprint density at radius 3 is 2.83 bits per heavy atom. The van der Waals surface area contributed by atoms with Crippen LogP contribution in [0, 0.1) is 12.7 Å². The van der Waals surface area contributed by atoms with Crippen molar-refractivity contribution >= 4 is 6.72 Å². The lowest BCUT2D eigenvalue weighted by Gasteiger charge is -2.04. The predicted octanol–water partition coefficient (Wildman–Crippen LogP) is 2.38. The van der Waals surface area contributed by atoms with E-state index in [1.54, 1.807) is 6.07 Å². The van der Waals surface area contributed by atoms with E-state index < -0.39 is 0 Å². The first-order valence-corrected chi connectivity index (χ1v) is 3.92. The van der Waals surface area contributed by atoms with Crippen molar-refractivity contribution in [1.82, 2.24) is 0 Å². The number of hydrogen-bond donors (Lipinski definition) is 0. The molecule has 0 N–H and O–H groups in total. The van der Waals surface area contributed by atoms with Crippen molar-refractivity contribution in [2.45, 2.75) is 13.3 Å². The van der Waals surface area contributed by atoms with Crippen molar-refractivity contribution in [2.75, 3.05) is 6.54 Å². The molecule has 0 radical (unpaired) electrons. The molecule has 0 unspecified atom stereocenters. The molecule has 0 atom stereocenters. The lowest BCUT2D eigenvalue weighted by molar-refractivity contribution is 0.608. The third-order valence-corrected chi connectivity index (χ3v) is 1.87. The molecule has 0 amide bonds. The van der Waals surface area contributed by atoms with E-state index in [2.05, 4.69) is 11.7 Å². The molecule has 12 heavy (non-hydrogen) atoms. The summed E-state index contributed by atoms with van der Waals surface area (Å²) in [6.07, 6.45) is 0.641. The Balaban J connectivity index is 2.88. The van der Waals surface area contributed by atoms with E-state index in [0.717, 1.165) is 11.1 Å². The first-order valence-electron chi connectivity index (χ1n) is 3.92. The maximum atomic E-state index is 13.1. The molecule has 0 aromatic heterocycles. The van der Waals surface area contributed by atoms with Crippen molar-refractivity contribution in [3.05, 3.63) is 35.1 Å². The van der Waals surface area contributed by atoms with Crippen LogP contribution in [0.3, 0.4) is 0 Å². The minimum atomic E-state index is -0.140. The number of halogens is 1. The molecule has 1 aromatic carbocycles. The highest BCUT2D eigenvalue weighted by molar-refractivity contribution is 5.28. The second kappa shape index (κ2) is 4.00. The van der Waals surface area contributed by atoms with Gasteiger partial charge in [0.15, 0.2) is 0 Å². The van der Waals surface area contributed by atoms with Gasteiger partial charge in [-0.1, -0.05) is 12.1 Å². The van der Waals surface area contributed by atoms with Crippen LogP contribution in [-0.2, 0) is 6.42 Å². The monoisotopic (exact) mass is 165 g/mol. The maximum Gasteiger partial charge on any atom is 0.126 e. The van der Waals surface area contributed by atoms with Crippen LogP contribution in [-0.4, -0.2) is 13.3 Å². The molecule has 0 heterocycles. The molecule has 1 rings (SSSR count). The van der Waals surface area contributed by atoms with Crippen molar-refractivity contribution in [3.8, 4) is 0 Å². The summed E-state index contributed by atoms with van der Waals surface area (Å²) >= 11 is 0. The number of hydrogen-bond acceptors (Lipinski definition) is 1. The van der Waals surface area contributed by atoms with Crippen LogP contribution in [0.4, 0.5) is 4.39 Å². The van der Waals surface area contributed by atoms with Gasteiger partial charge in [-0.25, -0.2) is 4.39 Å². The lowest BCUT2D eigenvalue weighted by Crippen LogP contribution is -1.96. The Morgan fingerprint density at radius 1 is 1.50 bits per heavy atom. The summed E-state index contributed by atoms with van der Waals surface area (Å²) in [6.45, 7) is 5.85. The Bertz CT molecular complexity index is 261. The number of benzene rings is 1. The summed E-state index contributed by atoms with van der Waals surface area (Å²) in [5.41, 5.74) is 1.74. The first kappa shape index (κ1) is 8.91. The van der Waals surface area contributed by atoms with Gasteiger partial charge in [0.25, 0.3) is 0 Å². The average molecular weight is 165 g/mol. The molecular weight excluding hydrogens is 153 g/mol. The van der Waals surface area contributed by atoms with Gasteiger partial charge in [-0.05, 0) is 37.3 Å². The quantitative estimate of drug-likeness (QED) is 0.610. The zero-order valence-corrected chi connectivity index (χ0v) is 7.18. The van der Waals surface area contributed by atoms with E-state index in [1.807, 2.05) is 13.0 Å². The molecule has 0 spiro atoms. The summed E-state index contributed by atoms with van der Waals surface area (Å²) in [6, 6.07) is 5.10. The number of aliphatic imine (C=N–C) groups is 1. The largest absolute Gasteiger partial charge is 0.301 e. The van der Waals surface area contributed by atoms with E-state index in [9.17, 15) is 4.39 Å². The van der Waals surface area contributed by atoms with Gasteiger partial charge >= 0.3 is 0 Å². The Hall–Kier alpha value is -1.18. The standard InChI is InChI=1S/C10H12FN/c1-8-4-3-5-10(11)9(8)6-7-12-2/h3-5H,2,6-7H2,1H3. The predicted molar refractivity (Wildman–Crippen MR) is 49.3 cm³/mol. The molecule has 2 heteroatoms. The van der Waals surface area contributed by atoms with Crippen LogP contribution in [0.25, 0.3) is 0 Å². The fraction of sp³-hybridized carbons (Fsp3) is 0.300. The Morgan fingerprint density at radius 2 is 2.25 bits per heavy atom. The molecule has 0 aliphatic rings. The molecule has 0 bridgehead atoms. The van der Waals surface area contributed by atoms with E-state index in [1.165, 1.54) is 6.07 Å². The minimum Gasteiger partial charge on any atom is -0.301 e. The van der Waals surface area contributed by atoms with Gasteiger partial charge < -0.3 is 4.99 Å². The third-order valence-electron chi connectivity index (χ3n) is 1.87. The summed E-state index contributed by atoms with van der Waals surface area (Å²) in [5.74, 6) is -0.140. The second-order valence-corrected chi connectivity index (χ2v) is 2.73. The van der Waals surface area contributed by atoms with Crippen LogP contribution < -0.4 is 0 Å². The van der Waals surface area contributed by atoms with E-state index in [-0.39, 0.29) is 5.82 Å². The molecule has 0 saturated carbocycles. The van der Waals surface area contributed by atoms with Gasteiger partial charge in [0.1, 0.15) is 5.82 Å². The molecule has 0 aliphatic heterocycles. The average Bonchev–Trinajstić information content (AvgIpc) is 2.04. The Kier molecular flexibility index (Phi) is 2.97. The van der Waals surface area contributed by atoms with Crippen molar-refractivity contribution in [3.63, 3.8) is 0 Å². The van der Waals surface area contributed by atoms with E-state index >= 15 is 0 Å². The van der Waals surface area contributed by atoms with Crippen LogP contribution >= 0.6 is 0 Å². The van der Waals surface area contributed by atoms with Crippen LogP contribution in [0.2, 0.25) is 0 Å². The molecular formula is C10H12FN. The highest BCUT2D eigenvalue weighted by Crippen LogP contribution is 2.12. The van der Waals surface area contributed by atoms with Gasteiger partial charge in [-0.15, -0.1) is 0 Å². The maximum absolute atomic E-state index is 13.1. The Labute approximate surface area is 72.0 Å². The van der Waals surface area contributed by atoms with E-state index in [4.69, 9.17) is 0 Å². The van der Waals surface area contributed by atoms with Gasteiger partial charge in [-0.3, -0.25) is 0 Å². The van der Waals surface area contributed by atoms with Gasteiger partial charge in [0.2, 0.25) is 0 Å². The summed E-state index contributed by atoms with van der Waals surface area (Å²) in [7, 11) is 0. The summed E-state index contributed by atoms with van der Waals surface area (Å²) in [5, 5.41) is 0. The number of aryl methyl sites for hydroxylation is 1. The van der Waals surface area contributed by atoms with Crippen molar-refractivity contribution in [1.29, 1.82) is 0 Å². The zero-order valence-electron chi connectivity index (χ0n) is 7.18. The van der Waals surface area contributed by atoms with Crippen LogP contribution in [0.15, 0.2) is 23.2 Å². The lowest BCUT2D eigenvalue weighted by atomic mass is 10.1. The smallest absolute Gasteiger partial charge is 0.126 e. The van der Waals surface area contributed by atoms with Crippen molar-refractivity contribution < 1.29 is 4.39 Å². The zero-order chi connectivity index (χ0) is 8.97. The highest BCUT2D eigenvalue weighted by Gasteiger charge is 2.02. The number of nitrogens with zero attached hydrogens (tertiary/aromatic N) is 1. The minimum absolute atomic E-state index is 0.140. The van der Waals surface area contributed by atoms with Crippen LogP contribution in [0.5, 0.6) is 0 Å². The third kappa shape index (κ3) is 1.91. The summed E-state index contributed by atoms with van der Waals surface area (Å²) < 4.78 is 13.1. The molecule has 1 nitrogen and oxygen atoms in total. The molecule has 0 aliphatic carbocycles. The number of rotatable bonds is 3. The van der Waals surface area contributed by atoms with Gasteiger partial charge in [0, 0.05) is 6.54 Å². The van der Waals surface area contributed by atoms with E-state index in [0.29, 0.717) is 13.0 Å². The van der Waals surface area contributed by atoms with Gasteiger partial charge in [0.05, 0.1) is 0 Å². The molecule has 0 saturated heterocycles. The van der Waals surface area contributed by atoms with Crippen molar-refractivity contribution in [2.24, 2.45) is 4.99 Å². The SMILES string of the molecule is C=NCCc1c(C)cccc1F.